The molecule has 200 valence electrons. The Kier molecular flexibility index (Phi) is 6.13. The van der Waals surface area contributed by atoms with Gasteiger partial charge in [-0.2, -0.15) is 0 Å². The van der Waals surface area contributed by atoms with Gasteiger partial charge in [0.2, 0.25) is 6.41 Å². The summed E-state index contributed by atoms with van der Waals surface area (Å²) in [5.41, 5.74) is 6.88. The summed E-state index contributed by atoms with van der Waals surface area (Å²) in [6.07, 6.45) is 6.87. The number of pyridine rings is 1. The Labute approximate surface area is 236 Å². The Balaban J connectivity index is 1.26. The summed E-state index contributed by atoms with van der Waals surface area (Å²) in [6.45, 7) is 0. The van der Waals surface area contributed by atoms with Crippen molar-refractivity contribution in [3.05, 3.63) is 127 Å². The number of nitrogens with one attached hydrogen (secondary N) is 1. The molecule has 4 heterocycles. The predicted molar refractivity (Wildman–Crippen MR) is 161 cm³/mol. The summed E-state index contributed by atoms with van der Waals surface area (Å²) in [5, 5.41) is 1.04. The first-order chi connectivity index (χ1) is 20.2. The zero-order chi connectivity index (χ0) is 27.8. The molecule has 1 amide bonds. The quantitative estimate of drug-likeness (QED) is 0.232. The fourth-order valence-electron chi connectivity index (χ4n) is 5.49. The molecule has 4 aromatic heterocycles. The highest BCUT2D eigenvalue weighted by molar-refractivity contribution is 5.88. The van der Waals surface area contributed by atoms with Crippen LogP contribution in [-0.2, 0) is 18.3 Å². The minimum Gasteiger partial charge on any atom is -0.341 e. The molecule has 0 saturated heterocycles. The van der Waals surface area contributed by atoms with E-state index in [0.717, 1.165) is 56.8 Å². The second-order valence-electron chi connectivity index (χ2n) is 10.0. The third-order valence-electron chi connectivity index (χ3n) is 7.59. The number of aromatic nitrogens is 6. The molecule has 0 spiro atoms. The number of aromatic amines is 1. The first-order valence-corrected chi connectivity index (χ1v) is 13.5. The maximum atomic E-state index is 12.7. The molecular weight excluding hydrogens is 510 g/mol. The predicted octanol–water partition coefficient (Wildman–Crippen LogP) is 6.25. The van der Waals surface area contributed by atoms with Gasteiger partial charge < -0.3 is 9.55 Å². The van der Waals surface area contributed by atoms with Gasteiger partial charge in [-0.3, -0.25) is 19.2 Å². The maximum Gasteiger partial charge on any atom is 0.215 e. The van der Waals surface area contributed by atoms with Crippen LogP contribution in [0.5, 0.6) is 0 Å². The number of H-pyrrole nitrogens is 1. The van der Waals surface area contributed by atoms with Crippen LogP contribution in [0, 0.1) is 0 Å². The first kappa shape index (κ1) is 24.5. The normalized spacial score (nSPS) is 12.1. The molecule has 0 bridgehead atoms. The van der Waals surface area contributed by atoms with E-state index >= 15 is 0 Å². The number of fused-ring (bicyclic) bond motifs is 2. The van der Waals surface area contributed by atoms with Gasteiger partial charge in [0.05, 0.1) is 22.9 Å². The average molecular weight is 538 g/mol. The molecule has 0 aliphatic rings. The van der Waals surface area contributed by atoms with Gasteiger partial charge in [-0.05, 0) is 54.1 Å². The Morgan fingerprint density at radius 3 is 2.51 bits per heavy atom. The van der Waals surface area contributed by atoms with Crippen molar-refractivity contribution in [3.8, 4) is 16.9 Å². The van der Waals surface area contributed by atoms with E-state index < -0.39 is 0 Å². The number of hydrogen-bond acceptors (Lipinski definition) is 4. The van der Waals surface area contributed by atoms with Gasteiger partial charge in [-0.25, -0.2) is 9.97 Å². The van der Waals surface area contributed by atoms with Gasteiger partial charge in [0.1, 0.15) is 24.0 Å². The molecule has 3 aromatic carbocycles. The lowest BCUT2D eigenvalue weighted by Gasteiger charge is -2.27. The van der Waals surface area contributed by atoms with Gasteiger partial charge in [-0.1, -0.05) is 48.5 Å². The van der Waals surface area contributed by atoms with Gasteiger partial charge in [0, 0.05) is 41.9 Å². The van der Waals surface area contributed by atoms with Crippen LogP contribution in [0.2, 0.25) is 0 Å². The summed E-state index contributed by atoms with van der Waals surface area (Å²) in [5.74, 6) is 1.48. The number of nitrogens with zero attached hydrogens (tertiary/aromatic N) is 6. The van der Waals surface area contributed by atoms with Crippen molar-refractivity contribution in [2.45, 2.75) is 12.5 Å². The highest BCUT2D eigenvalue weighted by Gasteiger charge is 2.28. The molecule has 0 unspecified atom stereocenters. The van der Waals surface area contributed by atoms with E-state index in [2.05, 4.69) is 54.4 Å². The molecule has 8 nitrogen and oxygen atoms in total. The van der Waals surface area contributed by atoms with Crippen molar-refractivity contribution in [1.29, 1.82) is 0 Å². The number of rotatable bonds is 8. The largest absolute Gasteiger partial charge is 0.341 e. The van der Waals surface area contributed by atoms with E-state index in [1.807, 2.05) is 86.3 Å². The lowest BCUT2D eigenvalue weighted by molar-refractivity contribution is -0.108. The number of benzene rings is 3. The summed E-state index contributed by atoms with van der Waals surface area (Å²) in [7, 11) is 1.99. The number of para-hydroxylation sites is 3. The smallest absolute Gasteiger partial charge is 0.215 e. The second kappa shape index (κ2) is 10.2. The van der Waals surface area contributed by atoms with Gasteiger partial charge >= 0.3 is 0 Å². The van der Waals surface area contributed by atoms with Crippen molar-refractivity contribution < 1.29 is 4.79 Å². The standard InChI is InChI=1S/C33H27N7O/c1-38-31(23-13-15-26(16-14-23)39-21-36-28-11-4-5-12-29(28)39)20-35-33(38)30(19-25-9-6-7-17-34-25)40(22-41)32-18-24-8-2-3-10-27(24)37-32/h2-18,20-22,30,37H,19H2,1H3/t30-/m0/s1. The number of carbonyl (C=O) groups is 1. The Morgan fingerprint density at radius 2 is 1.71 bits per heavy atom. The number of anilines is 1. The van der Waals surface area contributed by atoms with Crippen LogP contribution in [0.15, 0.2) is 116 Å². The maximum absolute atomic E-state index is 12.7. The van der Waals surface area contributed by atoms with Crippen molar-refractivity contribution in [2.75, 3.05) is 4.90 Å². The number of hydrogen-bond donors (Lipinski definition) is 1. The van der Waals surface area contributed by atoms with Crippen LogP contribution >= 0.6 is 0 Å². The molecule has 0 aliphatic carbocycles. The van der Waals surface area contributed by atoms with Crippen LogP contribution in [0.1, 0.15) is 17.6 Å². The fourth-order valence-corrected chi connectivity index (χ4v) is 5.49. The summed E-state index contributed by atoms with van der Waals surface area (Å²) < 4.78 is 4.15. The zero-order valence-corrected chi connectivity index (χ0v) is 22.4. The fraction of sp³-hybridized carbons (Fsp3) is 0.0909. The molecule has 0 aliphatic heterocycles. The SMILES string of the molecule is Cn1c(-c2ccc(-n3cnc4ccccc43)cc2)cnc1[C@H](Cc1ccccn1)N(C=O)c1cc2ccccc2[nH]1. The molecule has 7 aromatic rings. The Morgan fingerprint density at radius 1 is 0.902 bits per heavy atom. The lowest BCUT2D eigenvalue weighted by Crippen LogP contribution is -2.31. The van der Waals surface area contributed by atoms with Gasteiger partial charge in [0.25, 0.3) is 0 Å². The van der Waals surface area contributed by atoms with Crippen molar-refractivity contribution in [2.24, 2.45) is 7.05 Å². The summed E-state index contributed by atoms with van der Waals surface area (Å²) in [6, 6.07) is 31.9. The van der Waals surface area contributed by atoms with Crippen molar-refractivity contribution in [1.82, 2.24) is 29.1 Å². The highest BCUT2D eigenvalue weighted by Crippen LogP contribution is 2.32. The zero-order valence-electron chi connectivity index (χ0n) is 22.4. The van der Waals surface area contributed by atoms with Crippen LogP contribution in [-0.4, -0.2) is 35.5 Å². The molecule has 0 radical (unpaired) electrons. The van der Waals surface area contributed by atoms with Crippen LogP contribution in [0.4, 0.5) is 5.82 Å². The van der Waals surface area contributed by atoms with Crippen LogP contribution in [0.3, 0.4) is 0 Å². The number of imidazole rings is 2. The van der Waals surface area contributed by atoms with E-state index in [1.54, 1.807) is 11.1 Å². The van der Waals surface area contributed by atoms with E-state index in [-0.39, 0.29) is 6.04 Å². The lowest BCUT2D eigenvalue weighted by atomic mass is 10.1. The van der Waals surface area contributed by atoms with E-state index in [9.17, 15) is 4.79 Å². The van der Waals surface area contributed by atoms with Crippen LogP contribution in [0.25, 0.3) is 38.9 Å². The Hall–Kier alpha value is -5.50. The number of amides is 1. The van der Waals surface area contributed by atoms with Crippen molar-refractivity contribution >= 4 is 34.2 Å². The summed E-state index contributed by atoms with van der Waals surface area (Å²) >= 11 is 0. The summed E-state index contributed by atoms with van der Waals surface area (Å²) in [4.78, 5) is 31.7. The molecule has 0 saturated carbocycles. The topological polar surface area (TPSA) is 84.6 Å². The molecule has 1 atom stereocenters. The second-order valence-corrected chi connectivity index (χ2v) is 10.0. The number of carbonyl (C=O) groups excluding carboxylic acids is 1. The molecule has 0 fully saturated rings. The van der Waals surface area contributed by atoms with E-state index in [4.69, 9.17) is 4.98 Å². The van der Waals surface area contributed by atoms with Gasteiger partial charge in [0.15, 0.2) is 0 Å². The first-order valence-electron chi connectivity index (χ1n) is 13.5. The van der Waals surface area contributed by atoms with E-state index in [1.165, 1.54) is 0 Å². The monoisotopic (exact) mass is 537 g/mol. The molecule has 7 rings (SSSR count). The minimum absolute atomic E-state index is 0.384. The molecule has 1 N–H and O–H groups in total. The van der Waals surface area contributed by atoms with Crippen LogP contribution < -0.4 is 4.90 Å². The molecular formula is C33H27N7O. The van der Waals surface area contributed by atoms with E-state index in [0.29, 0.717) is 12.2 Å². The third kappa shape index (κ3) is 4.45. The minimum atomic E-state index is -0.384. The average Bonchev–Trinajstić information content (AvgIpc) is 3.74. The molecule has 8 heteroatoms. The van der Waals surface area contributed by atoms with Gasteiger partial charge in [-0.15, -0.1) is 0 Å². The van der Waals surface area contributed by atoms with Crippen molar-refractivity contribution in [3.63, 3.8) is 0 Å². The highest BCUT2D eigenvalue weighted by atomic mass is 16.1. The Bertz CT molecular complexity index is 1940. The molecule has 41 heavy (non-hydrogen) atoms. The third-order valence-corrected chi connectivity index (χ3v) is 7.59.